The molecular weight excluding hydrogens is 270 g/mol. The van der Waals surface area contributed by atoms with E-state index in [1.165, 1.54) is 11.8 Å². The van der Waals surface area contributed by atoms with Gasteiger partial charge in [-0.1, -0.05) is 17.7 Å². The first-order valence-electron chi connectivity index (χ1n) is 5.65. The first kappa shape index (κ1) is 13.2. The maximum Gasteiger partial charge on any atom is 0.302 e. The molecule has 1 unspecified atom stereocenters. The summed E-state index contributed by atoms with van der Waals surface area (Å²) >= 11 is 7.31. The number of benzene rings is 1. The second-order valence-electron chi connectivity index (χ2n) is 3.98. The lowest BCUT2D eigenvalue weighted by molar-refractivity contribution is -0.417. The molecule has 0 aliphatic carbocycles. The molecule has 96 valence electrons. The first-order chi connectivity index (χ1) is 8.61. The fourth-order valence-electron chi connectivity index (χ4n) is 1.88. The number of amides is 1. The number of thioether (sulfide) groups is 1. The molecule has 1 heterocycles. The molecule has 1 aliphatic rings. The van der Waals surface area contributed by atoms with Crippen LogP contribution in [0.2, 0.25) is 5.02 Å². The van der Waals surface area contributed by atoms with Crippen molar-refractivity contribution in [3.63, 3.8) is 0 Å². The van der Waals surface area contributed by atoms with Gasteiger partial charge in [0.25, 0.3) is 0 Å². The second kappa shape index (κ2) is 5.63. The van der Waals surface area contributed by atoms with Crippen molar-refractivity contribution in [2.45, 2.75) is 11.7 Å². The van der Waals surface area contributed by atoms with E-state index in [0.717, 1.165) is 12.1 Å². The molecule has 3 N–H and O–H groups in total. The number of carbonyl (C=O) groups is 1. The highest BCUT2D eigenvalue weighted by Crippen LogP contribution is 2.29. The van der Waals surface area contributed by atoms with Crippen molar-refractivity contribution in [3.8, 4) is 0 Å². The minimum Gasteiger partial charge on any atom is -0.311 e. The molecule has 1 aliphatic heterocycles. The number of nitrogens with two attached hydrogens (primary N) is 1. The Balaban J connectivity index is 2.12. The molecule has 0 spiro atoms. The van der Waals surface area contributed by atoms with Gasteiger partial charge in [0, 0.05) is 17.3 Å². The van der Waals surface area contributed by atoms with Gasteiger partial charge in [-0.15, -0.1) is 0 Å². The summed E-state index contributed by atoms with van der Waals surface area (Å²) in [4.78, 5) is 16.8. The fourth-order valence-corrected chi connectivity index (χ4v) is 2.94. The van der Waals surface area contributed by atoms with E-state index in [0.29, 0.717) is 16.7 Å². The Bertz CT molecular complexity index is 492. The Morgan fingerprint density at radius 3 is 3.06 bits per heavy atom. The zero-order valence-corrected chi connectivity index (χ0v) is 11.6. The van der Waals surface area contributed by atoms with Gasteiger partial charge < -0.3 is 4.90 Å². The number of nitrogens with one attached hydrogen (secondary N) is 1. The van der Waals surface area contributed by atoms with E-state index >= 15 is 0 Å². The number of hydrogen-bond donors (Lipinski definition) is 2. The van der Waals surface area contributed by atoms with Gasteiger partial charge in [-0.25, -0.2) is 0 Å². The molecule has 0 aromatic heterocycles. The lowest BCUT2D eigenvalue weighted by atomic mass is 10.3. The van der Waals surface area contributed by atoms with Crippen LogP contribution < -0.4 is 15.6 Å². The third-order valence-electron chi connectivity index (χ3n) is 2.79. The maximum atomic E-state index is 12.2. The molecule has 18 heavy (non-hydrogen) atoms. The summed E-state index contributed by atoms with van der Waals surface area (Å²) in [5.74, 6) is 0.0838. The van der Waals surface area contributed by atoms with Crippen LogP contribution in [0.5, 0.6) is 0 Å². The van der Waals surface area contributed by atoms with E-state index in [2.05, 4.69) is 4.99 Å². The molecule has 0 radical (unpaired) electrons. The Morgan fingerprint density at radius 1 is 1.61 bits per heavy atom. The third kappa shape index (κ3) is 2.79. The first-order valence-corrected chi connectivity index (χ1v) is 6.91. The summed E-state index contributed by atoms with van der Waals surface area (Å²) in [5, 5.41) is 1.09. The van der Waals surface area contributed by atoms with Gasteiger partial charge >= 0.3 is 5.17 Å². The largest absolute Gasteiger partial charge is 0.311 e. The minimum absolute atomic E-state index is 0.0838. The molecule has 1 atom stereocenters. The van der Waals surface area contributed by atoms with Gasteiger partial charge in [-0.05, 0) is 36.4 Å². The summed E-state index contributed by atoms with van der Waals surface area (Å²) in [6, 6.07) is 7.34. The Labute approximate surface area is 115 Å². The van der Waals surface area contributed by atoms with Gasteiger partial charge in [0.05, 0.1) is 12.3 Å². The number of hydrogen-bond acceptors (Lipinski definition) is 2. The molecule has 6 heteroatoms. The quantitative estimate of drug-likeness (QED) is 0.603. The molecule has 2 rings (SSSR count). The highest BCUT2D eigenvalue weighted by Gasteiger charge is 2.34. The SMILES string of the molecule is C[NH+]=C(N)SC1CCN(c2cccc(Cl)c2)C1=O. The van der Waals surface area contributed by atoms with Crippen LogP contribution in [0.4, 0.5) is 5.69 Å². The predicted molar refractivity (Wildman–Crippen MR) is 75.9 cm³/mol. The van der Waals surface area contributed by atoms with E-state index in [1.807, 2.05) is 12.1 Å². The number of carbonyl (C=O) groups excluding carboxylic acids is 1. The van der Waals surface area contributed by atoms with E-state index in [4.69, 9.17) is 17.3 Å². The van der Waals surface area contributed by atoms with Crippen LogP contribution in [-0.4, -0.2) is 29.9 Å². The van der Waals surface area contributed by atoms with Crippen molar-refractivity contribution in [2.75, 3.05) is 18.5 Å². The van der Waals surface area contributed by atoms with Crippen molar-refractivity contribution in [2.24, 2.45) is 5.73 Å². The van der Waals surface area contributed by atoms with E-state index in [9.17, 15) is 4.79 Å². The van der Waals surface area contributed by atoms with Crippen LogP contribution in [0, 0.1) is 0 Å². The van der Waals surface area contributed by atoms with E-state index in [1.54, 1.807) is 24.1 Å². The van der Waals surface area contributed by atoms with Crippen LogP contribution in [-0.2, 0) is 4.79 Å². The molecule has 1 fully saturated rings. The highest BCUT2D eigenvalue weighted by atomic mass is 35.5. The predicted octanol–water partition coefficient (Wildman–Crippen LogP) is 0.204. The number of nitrogens with zero attached hydrogens (tertiary/aromatic N) is 1. The molecule has 0 bridgehead atoms. The average molecular weight is 285 g/mol. The normalized spacial score (nSPS) is 20.6. The van der Waals surface area contributed by atoms with Crippen molar-refractivity contribution in [3.05, 3.63) is 29.3 Å². The molecule has 1 amide bonds. The lowest BCUT2D eigenvalue weighted by Crippen LogP contribution is -2.70. The van der Waals surface area contributed by atoms with Gasteiger partial charge in [0.2, 0.25) is 5.91 Å². The van der Waals surface area contributed by atoms with Crippen molar-refractivity contribution >= 4 is 40.1 Å². The molecule has 1 saturated heterocycles. The fraction of sp³-hybridized carbons (Fsp3) is 0.333. The topological polar surface area (TPSA) is 60.3 Å². The minimum atomic E-state index is -0.114. The summed E-state index contributed by atoms with van der Waals surface area (Å²) in [7, 11) is 1.75. The summed E-state index contributed by atoms with van der Waals surface area (Å²) < 4.78 is 0. The summed E-state index contributed by atoms with van der Waals surface area (Å²) in [5.41, 5.74) is 6.55. The van der Waals surface area contributed by atoms with Crippen molar-refractivity contribution in [1.82, 2.24) is 0 Å². The smallest absolute Gasteiger partial charge is 0.302 e. The standard InChI is InChI=1S/C12H14ClN3OS/c1-15-12(14)18-10-5-6-16(11(10)17)9-4-2-3-8(13)7-9/h2-4,7,10H,5-6H2,1H3,(H2,14,15)/p+1. The van der Waals surface area contributed by atoms with Crippen molar-refractivity contribution in [1.29, 1.82) is 0 Å². The Hall–Kier alpha value is -1.20. The van der Waals surface area contributed by atoms with Gasteiger partial charge in [-0.2, -0.15) is 0 Å². The number of rotatable bonds is 2. The van der Waals surface area contributed by atoms with Crippen LogP contribution in [0.15, 0.2) is 24.3 Å². The van der Waals surface area contributed by atoms with E-state index in [-0.39, 0.29) is 11.2 Å². The summed E-state index contributed by atoms with van der Waals surface area (Å²) in [6.45, 7) is 0.702. The lowest BCUT2D eigenvalue weighted by Gasteiger charge is -2.16. The summed E-state index contributed by atoms with van der Waals surface area (Å²) in [6.07, 6.45) is 0.790. The molecule has 0 saturated carbocycles. The second-order valence-corrected chi connectivity index (χ2v) is 5.66. The molecule has 1 aromatic rings. The van der Waals surface area contributed by atoms with Crippen LogP contribution >= 0.6 is 23.4 Å². The zero-order valence-electron chi connectivity index (χ0n) is 10.0. The van der Waals surface area contributed by atoms with Crippen LogP contribution in [0.25, 0.3) is 0 Å². The highest BCUT2D eigenvalue weighted by molar-refractivity contribution is 8.14. The van der Waals surface area contributed by atoms with E-state index < -0.39 is 0 Å². The number of halogens is 1. The molecule has 4 nitrogen and oxygen atoms in total. The monoisotopic (exact) mass is 284 g/mol. The van der Waals surface area contributed by atoms with Gasteiger partial charge in [-0.3, -0.25) is 15.5 Å². The Morgan fingerprint density at radius 2 is 2.39 bits per heavy atom. The van der Waals surface area contributed by atoms with Crippen LogP contribution in [0.3, 0.4) is 0 Å². The number of amidine groups is 1. The zero-order chi connectivity index (χ0) is 13.1. The molecular formula is C12H15ClN3OS+. The third-order valence-corrected chi connectivity index (χ3v) is 4.21. The average Bonchev–Trinajstić information content (AvgIpc) is 2.71. The maximum absolute atomic E-state index is 12.2. The van der Waals surface area contributed by atoms with Gasteiger partial charge in [0.1, 0.15) is 0 Å². The van der Waals surface area contributed by atoms with Crippen LogP contribution in [0.1, 0.15) is 6.42 Å². The Kier molecular flexibility index (Phi) is 4.14. The number of anilines is 1. The van der Waals surface area contributed by atoms with Gasteiger partial charge in [0.15, 0.2) is 0 Å². The molecule has 1 aromatic carbocycles. The van der Waals surface area contributed by atoms with Crippen molar-refractivity contribution < 1.29 is 9.79 Å².